The number of nitrogens with zero attached hydrogens (tertiary/aromatic N) is 3. The van der Waals surface area contributed by atoms with Crippen LogP contribution in [0, 0.1) is 13.8 Å². The van der Waals surface area contributed by atoms with Crippen molar-refractivity contribution in [1.82, 2.24) is 4.57 Å². The maximum atomic E-state index is 2.66. The molecule has 5 heteroatoms. The minimum absolute atomic E-state index is 0.00567. The standard InChI is InChI=1S/C68H68BN3S/c1-41-35-44(65(3,4)5)27-32-54(41)70(55-33-28-45(36-42(55)2)66(6,7)8)48-30-31-52-57(40-48)71(56-34-29-46(67(9,10)11)37-51(56)43-21-16-15-17-22-43)58-38-47(68(12,13)14)39-59-62(58)69(52)53-25-20-24-50-61-49-23-18-19-26-60(49)73-64(61)72(59)63(50)53/h15-40H,1-14H3. The molecule has 0 saturated heterocycles. The van der Waals surface area contributed by atoms with Crippen LogP contribution < -0.4 is 26.2 Å². The highest BCUT2D eigenvalue weighted by Crippen LogP contribution is 2.51. The molecule has 2 aliphatic heterocycles. The second-order valence-corrected chi connectivity index (χ2v) is 26.3. The Labute approximate surface area is 438 Å². The molecule has 2 aliphatic rings. The minimum Gasteiger partial charge on any atom is -0.311 e. The Hall–Kier alpha value is -6.82. The van der Waals surface area contributed by atoms with Gasteiger partial charge in [0.15, 0.2) is 0 Å². The van der Waals surface area contributed by atoms with Crippen molar-refractivity contribution in [2.75, 3.05) is 9.80 Å². The molecule has 0 bridgehead atoms. The SMILES string of the molecule is Cc1cc(C(C)(C)C)ccc1N(c1ccc2c(c1)N(c1ccc(C(C)(C)C)cc1-c1ccccc1)c1cc(C(C)(C)C)cc3c1B2c1cccc2c4c5ccccc5sc4n-3c12)c1ccc(C(C)(C)C)cc1C. The number of hydrogen-bond donors (Lipinski definition) is 0. The van der Waals surface area contributed by atoms with Gasteiger partial charge in [0.05, 0.1) is 11.2 Å². The maximum absolute atomic E-state index is 2.66. The number of hydrogen-bond acceptors (Lipinski definition) is 3. The average Bonchev–Trinajstić information content (AvgIpc) is 3.88. The first kappa shape index (κ1) is 47.2. The van der Waals surface area contributed by atoms with Crippen molar-refractivity contribution in [3.8, 4) is 16.8 Å². The smallest absolute Gasteiger partial charge is 0.252 e. The van der Waals surface area contributed by atoms with E-state index in [1.807, 2.05) is 11.3 Å². The number of thiophene rings is 1. The van der Waals surface area contributed by atoms with Crippen LogP contribution in [0.4, 0.5) is 34.1 Å². The Morgan fingerprint density at radius 2 is 1.03 bits per heavy atom. The summed E-state index contributed by atoms with van der Waals surface area (Å²) in [5, 5.41) is 4.02. The summed E-state index contributed by atoms with van der Waals surface area (Å²) in [5.41, 5.74) is 23.9. The molecule has 0 radical (unpaired) electrons. The average molecular weight is 970 g/mol. The molecule has 12 rings (SSSR count). The van der Waals surface area contributed by atoms with Gasteiger partial charge in [-0.25, -0.2) is 0 Å². The third-order valence-electron chi connectivity index (χ3n) is 16.0. The molecule has 0 spiro atoms. The molecule has 0 amide bonds. The van der Waals surface area contributed by atoms with Crippen molar-refractivity contribution < 1.29 is 0 Å². The Balaban J connectivity index is 1.21. The van der Waals surface area contributed by atoms with E-state index in [0.717, 1.165) is 5.69 Å². The van der Waals surface area contributed by atoms with E-state index in [0.29, 0.717) is 0 Å². The molecule has 0 aliphatic carbocycles. The van der Waals surface area contributed by atoms with Gasteiger partial charge in [-0.2, -0.15) is 0 Å². The van der Waals surface area contributed by atoms with Crippen LogP contribution in [0.3, 0.4) is 0 Å². The highest BCUT2D eigenvalue weighted by atomic mass is 32.1. The van der Waals surface area contributed by atoms with Crippen molar-refractivity contribution in [3.05, 3.63) is 191 Å². The van der Waals surface area contributed by atoms with Gasteiger partial charge in [0.1, 0.15) is 4.83 Å². The summed E-state index contributed by atoms with van der Waals surface area (Å²) in [6.07, 6.45) is 0. The van der Waals surface area contributed by atoms with Gasteiger partial charge < -0.3 is 14.4 Å². The first-order valence-electron chi connectivity index (χ1n) is 26.4. The van der Waals surface area contributed by atoms with Gasteiger partial charge in [-0.1, -0.05) is 186 Å². The molecule has 0 saturated carbocycles. The van der Waals surface area contributed by atoms with Crippen LogP contribution in [-0.2, 0) is 21.7 Å². The quantitative estimate of drug-likeness (QED) is 0.159. The fourth-order valence-electron chi connectivity index (χ4n) is 11.9. The largest absolute Gasteiger partial charge is 0.311 e. The Morgan fingerprint density at radius 1 is 0.452 bits per heavy atom. The zero-order valence-electron chi connectivity index (χ0n) is 45.3. The Kier molecular flexibility index (Phi) is 10.6. The van der Waals surface area contributed by atoms with Gasteiger partial charge >= 0.3 is 0 Å². The number of aromatic nitrogens is 1. The first-order valence-corrected chi connectivity index (χ1v) is 27.2. The first-order chi connectivity index (χ1) is 34.6. The van der Waals surface area contributed by atoms with E-state index in [2.05, 4.69) is 269 Å². The number of aryl methyl sites for hydroxylation is 2. The molecule has 3 nitrogen and oxygen atoms in total. The lowest BCUT2D eigenvalue weighted by molar-refractivity contribution is 0.589. The van der Waals surface area contributed by atoms with E-state index in [1.54, 1.807) is 0 Å². The van der Waals surface area contributed by atoms with E-state index in [1.165, 1.54) is 126 Å². The van der Waals surface area contributed by atoms with Crippen LogP contribution in [0.2, 0.25) is 0 Å². The van der Waals surface area contributed by atoms with Gasteiger partial charge in [-0.15, -0.1) is 11.3 Å². The van der Waals surface area contributed by atoms with Crippen LogP contribution >= 0.6 is 11.3 Å². The Bertz CT molecular complexity index is 3810. The molecule has 0 N–H and O–H groups in total. The lowest BCUT2D eigenvalue weighted by atomic mass is 9.33. The van der Waals surface area contributed by atoms with Gasteiger partial charge in [0.2, 0.25) is 0 Å². The molecule has 0 unspecified atom stereocenters. The number of benzene rings is 8. The monoisotopic (exact) mass is 970 g/mol. The van der Waals surface area contributed by atoms with Crippen LogP contribution in [0.1, 0.15) is 116 Å². The van der Waals surface area contributed by atoms with Gasteiger partial charge in [-0.3, -0.25) is 0 Å². The second-order valence-electron chi connectivity index (χ2n) is 25.2. The zero-order chi connectivity index (χ0) is 51.3. The summed E-state index contributed by atoms with van der Waals surface area (Å²) in [6.45, 7) is 32.6. The molecule has 364 valence electrons. The van der Waals surface area contributed by atoms with Crippen LogP contribution in [0.25, 0.3) is 48.0 Å². The molecule has 10 aromatic rings. The second kappa shape index (κ2) is 16.3. The van der Waals surface area contributed by atoms with Crippen LogP contribution in [0.15, 0.2) is 158 Å². The number of fused-ring (bicyclic) bond motifs is 9. The molecular formula is C68H68BN3S. The minimum atomic E-state index is -0.139. The summed E-state index contributed by atoms with van der Waals surface area (Å²) in [4.78, 5) is 6.53. The van der Waals surface area contributed by atoms with E-state index in [4.69, 9.17) is 0 Å². The topological polar surface area (TPSA) is 11.4 Å². The van der Waals surface area contributed by atoms with Gasteiger partial charge in [0.25, 0.3) is 6.71 Å². The summed E-state index contributed by atoms with van der Waals surface area (Å²) >= 11 is 1.93. The number of rotatable bonds is 5. The molecule has 4 heterocycles. The molecule has 0 atom stereocenters. The summed E-state index contributed by atoms with van der Waals surface area (Å²) in [6, 6.07) is 61.2. The normalized spacial score (nSPS) is 13.6. The fourth-order valence-corrected chi connectivity index (χ4v) is 13.2. The summed E-state index contributed by atoms with van der Waals surface area (Å²) < 4.78 is 3.98. The number of para-hydroxylation sites is 1. The van der Waals surface area contributed by atoms with E-state index in [-0.39, 0.29) is 28.4 Å². The van der Waals surface area contributed by atoms with Gasteiger partial charge in [0, 0.05) is 60.5 Å². The van der Waals surface area contributed by atoms with E-state index in [9.17, 15) is 0 Å². The van der Waals surface area contributed by atoms with Crippen LogP contribution in [-0.4, -0.2) is 11.3 Å². The third-order valence-corrected chi connectivity index (χ3v) is 17.2. The maximum Gasteiger partial charge on any atom is 0.252 e. The highest BCUT2D eigenvalue weighted by Gasteiger charge is 2.44. The van der Waals surface area contributed by atoms with E-state index < -0.39 is 0 Å². The van der Waals surface area contributed by atoms with Gasteiger partial charge in [-0.05, 0) is 145 Å². The van der Waals surface area contributed by atoms with Crippen molar-refractivity contribution >= 4 is 99.8 Å². The molecular weight excluding hydrogens is 902 g/mol. The highest BCUT2D eigenvalue weighted by molar-refractivity contribution is 7.26. The summed E-state index contributed by atoms with van der Waals surface area (Å²) in [7, 11) is 0. The Morgan fingerprint density at radius 3 is 1.66 bits per heavy atom. The predicted octanol–water partition coefficient (Wildman–Crippen LogP) is 17.6. The molecule has 0 fully saturated rings. The lowest BCUT2D eigenvalue weighted by Crippen LogP contribution is -2.60. The number of anilines is 6. The van der Waals surface area contributed by atoms with E-state index >= 15 is 0 Å². The van der Waals surface area contributed by atoms with Crippen molar-refractivity contribution in [2.45, 2.75) is 119 Å². The summed E-state index contributed by atoms with van der Waals surface area (Å²) in [5.74, 6) is 0. The predicted molar refractivity (Wildman–Crippen MR) is 320 cm³/mol. The molecule has 2 aromatic heterocycles. The lowest BCUT2D eigenvalue weighted by Gasteiger charge is -2.42. The van der Waals surface area contributed by atoms with Crippen LogP contribution in [0.5, 0.6) is 0 Å². The van der Waals surface area contributed by atoms with Crippen molar-refractivity contribution in [2.24, 2.45) is 0 Å². The molecule has 8 aromatic carbocycles. The molecule has 73 heavy (non-hydrogen) atoms. The third kappa shape index (κ3) is 7.51. The fraction of sp³-hybridized carbons (Fsp3) is 0.265. The van der Waals surface area contributed by atoms with Crippen molar-refractivity contribution in [3.63, 3.8) is 0 Å². The van der Waals surface area contributed by atoms with Crippen molar-refractivity contribution in [1.29, 1.82) is 0 Å². The zero-order valence-corrected chi connectivity index (χ0v) is 46.2.